The summed E-state index contributed by atoms with van der Waals surface area (Å²) < 4.78 is 10.4. The molecule has 0 amide bonds. The summed E-state index contributed by atoms with van der Waals surface area (Å²) in [6.07, 6.45) is 1.15. The lowest BCUT2D eigenvalue weighted by molar-refractivity contribution is -0.385. The molecule has 0 bridgehead atoms. The third kappa shape index (κ3) is 4.27. The van der Waals surface area contributed by atoms with Gasteiger partial charge in [0.2, 0.25) is 0 Å². The van der Waals surface area contributed by atoms with Gasteiger partial charge in [0.15, 0.2) is 16.6 Å². The third-order valence-corrected chi connectivity index (χ3v) is 3.05. The summed E-state index contributed by atoms with van der Waals surface area (Å²) >= 11 is 5.18. The van der Waals surface area contributed by atoms with Gasteiger partial charge in [0.25, 0.3) is 5.69 Å². The van der Waals surface area contributed by atoms with Gasteiger partial charge in [0.05, 0.1) is 19.1 Å². The Morgan fingerprint density at radius 1 is 1.17 bits per heavy atom. The predicted molar refractivity (Wildman–Crippen MR) is 90.3 cm³/mol. The zero-order chi connectivity index (χ0) is 16.8. The number of nitrogens with zero attached hydrogens (tertiary/aromatic N) is 2. The van der Waals surface area contributed by atoms with Gasteiger partial charge in [0.1, 0.15) is 12.0 Å². The minimum atomic E-state index is -0.517. The Kier molecular flexibility index (Phi) is 5.26. The number of hydrogen-bond donors (Lipinski definition) is 2. The van der Waals surface area contributed by atoms with Crippen molar-refractivity contribution in [3.05, 3.63) is 46.6 Å². The number of hydrogen-bond acceptors (Lipinski definition) is 6. The van der Waals surface area contributed by atoms with Gasteiger partial charge in [-0.1, -0.05) is 0 Å². The third-order valence-electron chi connectivity index (χ3n) is 2.84. The quantitative estimate of drug-likeness (QED) is 0.489. The van der Waals surface area contributed by atoms with Crippen LogP contribution >= 0.6 is 12.2 Å². The molecule has 0 spiro atoms. The van der Waals surface area contributed by atoms with E-state index in [-0.39, 0.29) is 5.69 Å². The summed E-state index contributed by atoms with van der Waals surface area (Å²) in [5.41, 5.74) is 0.608. The van der Waals surface area contributed by atoms with E-state index in [1.54, 1.807) is 32.4 Å². The van der Waals surface area contributed by atoms with Crippen LogP contribution in [0.15, 0.2) is 36.5 Å². The molecule has 9 heteroatoms. The second kappa shape index (κ2) is 7.36. The number of methoxy groups -OCH3 is 2. The van der Waals surface area contributed by atoms with Crippen molar-refractivity contribution in [3.8, 4) is 11.5 Å². The van der Waals surface area contributed by atoms with Crippen LogP contribution in [-0.2, 0) is 0 Å². The molecule has 0 atom stereocenters. The van der Waals surface area contributed by atoms with E-state index in [0.29, 0.717) is 28.1 Å². The highest BCUT2D eigenvalue weighted by molar-refractivity contribution is 7.80. The van der Waals surface area contributed by atoms with E-state index in [4.69, 9.17) is 21.7 Å². The molecule has 120 valence electrons. The van der Waals surface area contributed by atoms with Gasteiger partial charge in [-0.05, 0) is 30.4 Å². The largest absolute Gasteiger partial charge is 0.493 e. The molecule has 1 heterocycles. The Labute approximate surface area is 137 Å². The van der Waals surface area contributed by atoms with Gasteiger partial charge in [-0.15, -0.1) is 0 Å². The molecule has 0 aliphatic rings. The standard InChI is InChI=1S/C14H14N4O4S/c1-21-11-5-3-9(7-12(11)22-2)16-14(23)17-13-6-4-10(8-15-13)18(19)20/h3-8H,1-2H3,(H2,15,16,17,23). The fourth-order valence-corrected chi connectivity index (χ4v) is 1.98. The molecule has 1 aromatic carbocycles. The van der Waals surface area contributed by atoms with Crippen molar-refractivity contribution in [2.24, 2.45) is 0 Å². The van der Waals surface area contributed by atoms with Crippen LogP contribution in [0.25, 0.3) is 0 Å². The Hall–Kier alpha value is -2.94. The van der Waals surface area contributed by atoms with Crippen LogP contribution in [0, 0.1) is 10.1 Å². The van der Waals surface area contributed by atoms with Crippen molar-refractivity contribution in [2.75, 3.05) is 24.9 Å². The van der Waals surface area contributed by atoms with Crippen molar-refractivity contribution in [1.82, 2.24) is 4.98 Å². The van der Waals surface area contributed by atoms with E-state index >= 15 is 0 Å². The van der Waals surface area contributed by atoms with Crippen molar-refractivity contribution in [1.29, 1.82) is 0 Å². The molecule has 0 aliphatic heterocycles. The summed E-state index contributed by atoms with van der Waals surface area (Å²) in [5.74, 6) is 1.57. The van der Waals surface area contributed by atoms with Crippen LogP contribution in [0.2, 0.25) is 0 Å². The maximum Gasteiger partial charge on any atom is 0.287 e. The summed E-state index contributed by atoms with van der Waals surface area (Å²) in [7, 11) is 3.09. The molecule has 2 N–H and O–H groups in total. The maximum absolute atomic E-state index is 10.6. The molecule has 23 heavy (non-hydrogen) atoms. The van der Waals surface area contributed by atoms with Gasteiger partial charge in [-0.3, -0.25) is 10.1 Å². The minimum absolute atomic E-state index is 0.0886. The van der Waals surface area contributed by atoms with E-state index in [2.05, 4.69) is 15.6 Å². The smallest absolute Gasteiger partial charge is 0.287 e. The van der Waals surface area contributed by atoms with Crippen molar-refractivity contribution >= 4 is 34.5 Å². The van der Waals surface area contributed by atoms with Crippen LogP contribution < -0.4 is 20.1 Å². The molecular formula is C14H14N4O4S. The second-order valence-corrected chi connectivity index (χ2v) is 4.72. The molecule has 8 nitrogen and oxygen atoms in total. The highest BCUT2D eigenvalue weighted by atomic mass is 32.1. The molecule has 2 aromatic rings. The Morgan fingerprint density at radius 3 is 2.48 bits per heavy atom. The number of anilines is 2. The van der Waals surface area contributed by atoms with E-state index in [1.807, 2.05) is 0 Å². The fraction of sp³-hybridized carbons (Fsp3) is 0.143. The van der Waals surface area contributed by atoms with Crippen LogP contribution in [-0.4, -0.2) is 29.2 Å². The van der Waals surface area contributed by atoms with Gasteiger partial charge >= 0.3 is 0 Å². The molecular weight excluding hydrogens is 320 g/mol. The van der Waals surface area contributed by atoms with Gasteiger partial charge < -0.3 is 20.1 Å². The van der Waals surface area contributed by atoms with Gasteiger partial charge in [-0.25, -0.2) is 4.98 Å². The lowest BCUT2D eigenvalue weighted by Crippen LogP contribution is -2.19. The van der Waals surface area contributed by atoms with Crippen LogP contribution in [0.1, 0.15) is 0 Å². The van der Waals surface area contributed by atoms with Crippen molar-refractivity contribution < 1.29 is 14.4 Å². The first-order chi connectivity index (χ1) is 11.0. The average molecular weight is 334 g/mol. The number of nitro groups is 1. The summed E-state index contributed by atoms with van der Waals surface area (Å²) in [6.45, 7) is 0. The SMILES string of the molecule is COc1ccc(NC(=S)Nc2ccc([N+](=O)[O-])cn2)cc1OC. The number of pyridine rings is 1. The highest BCUT2D eigenvalue weighted by Crippen LogP contribution is 2.29. The maximum atomic E-state index is 10.6. The summed E-state index contributed by atoms with van der Waals surface area (Å²) in [4.78, 5) is 14.0. The number of aromatic nitrogens is 1. The summed E-state index contributed by atoms with van der Waals surface area (Å²) in [6, 6.07) is 8.07. The monoisotopic (exact) mass is 334 g/mol. The molecule has 1 aromatic heterocycles. The number of ether oxygens (including phenoxy) is 2. The minimum Gasteiger partial charge on any atom is -0.493 e. The zero-order valence-corrected chi connectivity index (χ0v) is 13.2. The molecule has 0 fully saturated rings. The first-order valence-electron chi connectivity index (χ1n) is 6.44. The number of rotatable bonds is 5. The van der Waals surface area contributed by atoms with E-state index in [0.717, 1.165) is 6.20 Å². The molecule has 0 unspecified atom stereocenters. The van der Waals surface area contributed by atoms with E-state index in [9.17, 15) is 10.1 Å². The second-order valence-electron chi connectivity index (χ2n) is 4.31. The number of thiocarbonyl (C=S) groups is 1. The van der Waals surface area contributed by atoms with Crippen LogP contribution in [0.3, 0.4) is 0 Å². The van der Waals surface area contributed by atoms with Crippen LogP contribution in [0.4, 0.5) is 17.2 Å². The Morgan fingerprint density at radius 2 is 1.91 bits per heavy atom. The Bertz CT molecular complexity index is 721. The number of benzene rings is 1. The van der Waals surface area contributed by atoms with Crippen molar-refractivity contribution in [2.45, 2.75) is 0 Å². The lowest BCUT2D eigenvalue weighted by Gasteiger charge is -2.12. The molecule has 2 rings (SSSR count). The molecule has 0 radical (unpaired) electrons. The van der Waals surface area contributed by atoms with E-state index in [1.165, 1.54) is 12.1 Å². The molecule has 0 aliphatic carbocycles. The van der Waals surface area contributed by atoms with Crippen molar-refractivity contribution in [3.63, 3.8) is 0 Å². The summed E-state index contributed by atoms with van der Waals surface area (Å²) in [5, 5.41) is 16.7. The van der Waals surface area contributed by atoms with Gasteiger partial charge in [-0.2, -0.15) is 0 Å². The van der Waals surface area contributed by atoms with Crippen LogP contribution in [0.5, 0.6) is 11.5 Å². The lowest BCUT2D eigenvalue weighted by atomic mass is 10.3. The first kappa shape index (κ1) is 16.4. The fourth-order valence-electron chi connectivity index (χ4n) is 1.76. The molecule has 0 saturated heterocycles. The normalized spacial score (nSPS) is 9.83. The van der Waals surface area contributed by atoms with Gasteiger partial charge in [0, 0.05) is 17.8 Å². The highest BCUT2D eigenvalue weighted by Gasteiger charge is 2.08. The first-order valence-corrected chi connectivity index (χ1v) is 6.85. The average Bonchev–Trinajstić information content (AvgIpc) is 2.55. The molecule has 0 saturated carbocycles. The predicted octanol–water partition coefficient (Wildman–Crippen LogP) is 2.82. The Balaban J connectivity index is 2.03. The number of nitrogens with one attached hydrogen (secondary N) is 2. The van der Waals surface area contributed by atoms with E-state index < -0.39 is 4.92 Å². The topological polar surface area (TPSA) is 98.5 Å². The zero-order valence-electron chi connectivity index (χ0n) is 12.4.